The van der Waals surface area contributed by atoms with Crippen LogP contribution in [0.5, 0.6) is 0 Å². The molecule has 3 rings (SSSR count). The Balaban J connectivity index is 1.52. The van der Waals surface area contributed by atoms with Gasteiger partial charge >= 0.3 is 0 Å². The van der Waals surface area contributed by atoms with E-state index in [4.69, 9.17) is 0 Å². The van der Waals surface area contributed by atoms with Crippen LogP contribution in [-0.4, -0.2) is 49.6 Å². The Morgan fingerprint density at radius 1 is 1.15 bits per heavy atom. The molecule has 1 aliphatic heterocycles. The first kappa shape index (κ1) is 18.7. The second kappa shape index (κ2) is 9.05. The summed E-state index contributed by atoms with van der Waals surface area (Å²) < 4.78 is 0. The molecule has 140 valence electrons. The molecule has 0 unspecified atom stereocenters. The van der Waals surface area contributed by atoms with Gasteiger partial charge in [-0.1, -0.05) is 31.9 Å². The number of rotatable bonds is 4. The third kappa shape index (κ3) is 4.76. The maximum Gasteiger partial charge on any atom is 0.234 e. The first-order valence-corrected chi connectivity index (χ1v) is 9.93. The quantitative estimate of drug-likeness (QED) is 0.903. The van der Waals surface area contributed by atoms with Crippen LogP contribution in [0.1, 0.15) is 44.6 Å². The van der Waals surface area contributed by atoms with Gasteiger partial charge in [0, 0.05) is 32.2 Å². The van der Waals surface area contributed by atoms with Gasteiger partial charge < -0.3 is 10.2 Å². The number of nitrogens with zero attached hydrogens (tertiary/aromatic N) is 3. The Morgan fingerprint density at radius 2 is 1.96 bits per heavy atom. The molecule has 0 spiro atoms. The zero-order valence-corrected chi connectivity index (χ0v) is 15.8. The number of amides is 1. The number of hydrogen-bond acceptors (Lipinski definition) is 4. The van der Waals surface area contributed by atoms with Crippen molar-refractivity contribution >= 4 is 11.6 Å². The molecular weight excluding hydrogens is 324 g/mol. The predicted molar refractivity (Wildman–Crippen MR) is 104 cm³/mol. The van der Waals surface area contributed by atoms with Crippen LogP contribution in [0.25, 0.3) is 0 Å². The highest BCUT2D eigenvalue weighted by Gasteiger charge is 2.24. The molecule has 2 aliphatic rings. The lowest BCUT2D eigenvalue weighted by Crippen LogP contribution is -2.46. The minimum atomic E-state index is 0.162. The zero-order valence-electron chi connectivity index (χ0n) is 15.8. The fraction of sp³-hybridized carbons (Fsp3) is 0.619. The van der Waals surface area contributed by atoms with Crippen LogP contribution in [0.3, 0.4) is 0 Å². The van der Waals surface area contributed by atoms with Crippen molar-refractivity contribution in [1.82, 2.24) is 10.2 Å². The number of carbonyl (C=O) groups is 1. The highest BCUT2D eigenvalue weighted by Crippen LogP contribution is 2.24. The van der Waals surface area contributed by atoms with Crippen molar-refractivity contribution in [2.75, 3.05) is 37.6 Å². The maximum atomic E-state index is 12.5. The van der Waals surface area contributed by atoms with Gasteiger partial charge in [-0.2, -0.15) is 5.26 Å². The number of carbonyl (C=O) groups excluding carboxylic acids is 1. The molecule has 0 aromatic heterocycles. The van der Waals surface area contributed by atoms with Crippen molar-refractivity contribution in [3.63, 3.8) is 0 Å². The number of hydrogen-bond donors (Lipinski definition) is 1. The number of anilines is 1. The molecule has 1 saturated heterocycles. The van der Waals surface area contributed by atoms with Crippen LogP contribution in [0.15, 0.2) is 24.3 Å². The number of benzene rings is 1. The topological polar surface area (TPSA) is 59.4 Å². The summed E-state index contributed by atoms with van der Waals surface area (Å²) in [6, 6.07) is 10.4. The van der Waals surface area contributed by atoms with Gasteiger partial charge in [-0.15, -0.1) is 0 Å². The van der Waals surface area contributed by atoms with Crippen LogP contribution in [0, 0.1) is 17.2 Å². The van der Waals surface area contributed by atoms with Gasteiger partial charge in [-0.3, -0.25) is 9.69 Å². The number of para-hydroxylation sites is 1. The van der Waals surface area contributed by atoms with E-state index in [-0.39, 0.29) is 5.91 Å². The molecule has 1 aliphatic carbocycles. The summed E-state index contributed by atoms with van der Waals surface area (Å²) in [5, 5.41) is 12.6. The van der Waals surface area contributed by atoms with Crippen molar-refractivity contribution in [3.05, 3.63) is 29.8 Å². The lowest BCUT2D eigenvalue weighted by Gasteiger charge is -2.30. The Bertz CT molecular complexity index is 654. The summed E-state index contributed by atoms with van der Waals surface area (Å²) in [5.41, 5.74) is 1.74. The van der Waals surface area contributed by atoms with Gasteiger partial charge in [-0.25, -0.2) is 0 Å². The van der Waals surface area contributed by atoms with Gasteiger partial charge in [-0.05, 0) is 37.3 Å². The molecule has 5 heteroatoms. The Morgan fingerprint density at radius 3 is 2.77 bits per heavy atom. The van der Waals surface area contributed by atoms with Gasteiger partial charge in [0.2, 0.25) is 5.91 Å². The van der Waals surface area contributed by atoms with Crippen LogP contribution in [-0.2, 0) is 4.79 Å². The summed E-state index contributed by atoms with van der Waals surface area (Å²) in [7, 11) is 0. The number of nitrogens with one attached hydrogen (secondary N) is 1. The summed E-state index contributed by atoms with van der Waals surface area (Å²) >= 11 is 0. The van der Waals surface area contributed by atoms with Crippen LogP contribution in [0.4, 0.5) is 5.69 Å². The van der Waals surface area contributed by atoms with Gasteiger partial charge in [0.1, 0.15) is 6.07 Å². The molecule has 2 fully saturated rings. The van der Waals surface area contributed by atoms with Gasteiger partial charge in [0.15, 0.2) is 0 Å². The predicted octanol–water partition coefficient (Wildman–Crippen LogP) is 2.77. The van der Waals surface area contributed by atoms with E-state index in [2.05, 4.69) is 28.1 Å². The summed E-state index contributed by atoms with van der Waals surface area (Å²) in [6.45, 7) is 6.30. The average Bonchev–Trinajstić information content (AvgIpc) is 2.89. The van der Waals surface area contributed by atoms with Crippen molar-refractivity contribution < 1.29 is 4.79 Å². The monoisotopic (exact) mass is 354 g/mol. The molecule has 1 aromatic carbocycles. The van der Waals surface area contributed by atoms with Crippen LogP contribution >= 0.6 is 0 Å². The first-order valence-electron chi connectivity index (χ1n) is 9.93. The average molecular weight is 354 g/mol. The normalized spacial score (nSPS) is 24.5. The van der Waals surface area contributed by atoms with Gasteiger partial charge in [0.25, 0.3) is 0 Å². The fourth-order valence-electron chi connectivity index (χ4n) is 4.20. The molecule has 1 saturated carbocycles. The van der Waals surface area contributed by atoms with E-state index < -0.39 is 0 Å². The largest absolute Gasteiger partial charge is 0.369 e. The molecule has 1 N–H and O–H groups in total. The fourth-order valence-corrected chi connectivity index (χ4v) is 4.20. The van der Waals surface area contributed by atoms with E-state index >= 15 is 0 Å². The second-order valence-corrected chi connectivity index (χ2v) is 7.68. The highest BCUT2D eigenvalue weighted by molar-refractivity contribution is 5.78. The van der Waals surface area contributed by atoms with Crippen molar-refractivity contribution in [2.45, 2.75) is 45.1 Å². The number of nitriles is 1. The highest BCUT2D eigenvalue weighted by atomic mass is 16.2. The van der Waals surface area contributed by atoms with Crippen molar-refractivity contribution in [1.29, 1.82) is 5.26 Å². The molecule has 26 heavy (non-hydrogen) atoms. The van der Waals surface area contributed by atoms with E-state index in [1.54, 1.807) is 0 Å². The van der Waals surface area contributed by atoms with Crippen LogP contribution < -0.4 is 10.2 Å². The molecule has 1 amide bonds. The van der Waals surface area contributed by atoms with E-state index in [1.807, 2.05) is 24.3 Å². The maximum absolute atomic E-state index is 12.5. The molecule has 0 bridgehead atoms. The lowest BCUT2D eigenvalue weighted by molar-refractivity contribution is -0.123. The van der Waals surface area contributed by atoms with Crippen molar-refractivity contribution in [2.24, 2.45) is 5.92 Å². The third-order valence-corrected chi connectivity index (χ3v) is 5.78. The second-order valence-electron chi connectivity index (χ2n) is 7.68. The SMILES string of the molecule is C[C@H]1CCCC[C@@H]1NC(=O)CN1CCCN(c2ccccc2C#N)CC1. The van der Waals surface area contributed by atoms with Crippen molar-refractivity contribution in [3.8, 4) is 6.07 Å². The minimum Gasteiger partial charge on any atom is -0.369 e. The summed E-state index contributed by atoms with van der Waals surface area (Å²) in [6.07, 6.45) is 5.87. The Kier molecular flexibility index (Phi) is 6.51. The standard InChI is InChI=1S/C21H30N4O/c1-17-7-2-4-9-19(17)23-21(26)16-24-11-6-12-25(14-13-24)20-10-5-3-8-18(20)15-22/h3,5,8,10,17,19H,2,4,6-7,9,11-14,16H2,1H3,(H,23,26)/t17-,19-/m0/s1. The van der Waals surface area contributed by atoms with E-state index in [1.165, 1.54) is 19.3 Å². The third-order valence-electron chi connectivity index (χ3n) is 5.78. The molecule has 5 nitrogen and oxygen atoms in total. The van der Waals surface area contributed by atoms with Crippen LogP contribution in [0.2, 0.25) is 0 Å². The lowest BCUT2D eigenvalue weighted by atomic mass is 9.86. The summed E-state index contributed by atoms with van der Waals surface area (Å²) in [5.74, 6) is 0.754. The molecule has 0 radical (unpaired) electrons. The van der Waals surface area contributed by atoms with E-state index in [9.17, 15) is 10.1 Å². The zero-order chi connectivity index (χ0) is 18.4. The van der Waals surface area contributed by atoms with E-state index in [0.29, 0.717) is 18.5 Å². The molecular formula is C21H30N4O. The Hall–Kier alpha value is -2.06. The smallest absolute Gasteiger partial charge is 0.234 e. The molecule has 1 heterocycles. The Labute approximate surface area is 157 Å². The first-order chi connectivity index (χ1) is 12.7. The molecule has 1 aromatic rings. The molecule has 2 atom stereocenters. The van der Waals surface area contributed by atoms with E-state index in [0.717, 1.165) is 50.3 Å². The minimum absolute atomic E-state index is 0.162. The summed E-state index contributed by atoms with van der Waals surface area (Å²) in [4.78, 5) is 17.0. The van der Waals surface area contributed by atoms with Gasteiger partial charge in [0.05, 0.1) is 17.8 Å².